The van der Waals surface area contributed by atoms with Crippen molar-refractivity contribution in [1.82, 2.24) is 14.4 Å². The van der Waals surface area contributed by atoms with Crippen molar-refractivity contribution < 1.29 is 0 Å². The molecule has 0 radical (unpaired) electrons. The zero-order valence-electron chi connectivity index (χ0n) is 9.42. The first-order valence-electron chi connectivity index (χ1n) is 5.73. The molecule has 18 heavy (non-hydrogen) atoms. The van der Waals surface area contributed by atoms with Gasteiger partial charge in [0.1, 0.15) is 0 Å². The van der Waals surface area contributed by atoms with Gasteiger partial charge in [0.2, 0.25) is 5.78 Å². The third-order valence-electron chi connectivity index (χ3n) is 3.19. The lowest BCUT2D eigenvalue weighted by atomic mass is 10.2. The molecule has 2 aromatic carbocycles. The summed E-state index contributed by atoms with van der Waals surface area (Å²) in [6, 6.07) is 15.4. The lowest BCUT2D eigenvalue weighted by Crippen LogP contribution is -2.09. The van der Waals surface area contributed by atoms with Gasteiger partial charge in [-0.1, -0.05) is 24.3 Å². The maximum atomic E-state index is 11.9. The summed E-state index contributed by atoms with van der Waals surface area (Å²) in [6.07, 6.45) is 0. The number of para-hydroxylation sites is 3. The van der Waals surface area contributed by atoms with E-state index in [1.54, 1.807) is 6.07 Å². The van der Waals surface area contributed by atoms with Crippen LogP contribution in [0.1, 0.15) is 0 Å². The summed E-state index contributed by atoms with van der Waals surface area (Å²) in [5, 5.41) is 0.639. The predicted molar refractivity (Wildman–Crippen MR) is 70.8 cm³/mol. The van der Waals surface area contributed by atoms with E-state index in [0.717, 1.165) is 16.6 Å². The van der Waals surface area contributed by atoms with E-state index in [0.29, 0.717) is 11.2 Å². The first-order valence-corrected chi connectivity index (χ1v) is 5.73. The number of nitrogens with zero attached hydrogens (tertiary/aromatic N) is 2. The van der Waals surface area contributed by atoms with Gasteiger partial charge in [-0.2, -0.15) is 4.98 Å². The number of H-pyrrole nitrogens is 1. The number of hydrogen-bond donors (Lipinski definition) is 1. The summed E-state index contributed by atoms with van der Waals surface area (Å²) in [5.41, 5.74) is 2.68. The van der Waals surface area contributed by atoms with Crippen LogP contribution >= 0.6 is 0 Å². The summed E-state index contributed by atoms with van der Waals surface area (Å²) < 4.78 is 1.98. The third kappa shape index (κ3) is 1.09. The predicted octanol–water partition coefficient (Wildman–Crippen LogP) is 2.33. The second kappa shape index (κ2) is 3.20. The zero-order chi connectivity index (χ0) is 12.1. The van der Waals surface area contributed by atoms with E-state index in [2.05, 4.69) is 9.97 Å². The van der Waals surface area contributed by atoms with Gasteiger partial charge in [-0.05, 0) is 24.3 Å². The molecule has 2 aromatic heterocycles. The van der Waals surface area contributed by atoms with Crippen molar-refractivity contribution in [2.45, 2.75) is 0 Å². The summed E-state index contributed by atoms with van der Waals surface area (Å²) in [6.45, 7) is 0. The number of aromatic nitrogens is 3. The molecule has 2 heterocycles. The topological polar surface area (TPSA) is 50.2 Å². The second-order valence-electron chi connectivity index (χ2n) is 4.24. The number of hydrogen-bond acceptors (Lipinski definition) is 2. The third-order valence-corrected chi connectivity index (χ3v) is 3.19. The summed E-state index contributed by atoms with van der Waals surface area (Å²) in [4.78, 5) is 19.2. The number of nitrogens with one attached hydrogen (secondary N) is 1. The Labute approximate surface area is 102 Å². The molecule has 4 heteroatoms. The Morgan fingerprint density at radius 2 is 1.67 bits per heavy atom. The quantitative estimate of drug-likeness (QED) is 0.508. The van der Waals surface area contributed by atoms with Crippen molar-refractivity contribution in [2.24, 2.45) is 0 Å². The molecular weight excluding hydrogens is 226 g/mol. The number of benzene rings is 2. The van der Waals surface area contributed by atoms with Crippen LogP contribution in [-0.2, 0) is 0 Å². The fourth-order valence-electron chi connectivity index (χ4n) is 2.39. The monoisotopic (exact) mass is 235 g/mol. The highest BCUT2D eigenvalue weighted by molar-refractivity contribution is 5.88. The van der Waals surface area contributed by atoms with Gasteiger partial charge in [-0.3, -0.25) is 9.20 Å². The van der Waals surface area contributed by atoms with E-state index in [9.17, 15) is 4.79 Å². The van der Waals surface area contributed by atoms with Crippen LogP contribution in [0, 0.1) is 0 Å². The first-order chi connectivity index (χ1) is 8.84. The number of fused-ring (bicyclic) bond motifs is 5. The smallest absolute Gasteiger partial charge is 0.282 e. The number of imidazole rings is 1. The van der Waals surface area contributed by atoms with Crippen LogP contribution in [0.3, 0.4) is 0 Å². The zero-order valence-corrected chi connectivity index (χ0v) is 9.42. The average Bonchev–Trinajstić information content (AvgIpc) is 2.77. The van der Waals surface area contributed by atoms with Crippen molar-refractivity contribution >= 4 is 27.7 Å². The van der Waals surface area contributed by atoms with Gasteiger partial charge in [0.05, 0.1) is 21.9 Å². The van der Waals surface area contributed by atoms with Crippen LogP contribution in [0.15, 0.2) is 53.3 Å². The highest BCUT2D eigenvalue weighted by atomic mass is 16.1. The number of aromatic amines is 1. The largest absolute Gasteiger partial charge is 0.323 e. The lowest BCUT2D eigenvalue weighted by molar-refractivity contribution is 1.16. The van der Waals surface area contributed by atoms with Gasteiger partial charge in [0, 0.05) is 0 Å². The highest BCUT2D eigenvalue weighted by Crippen LogP contribution is 2.19. The molecule has 4 aromatic rings. The van der Waals surface area contributed by atoms with Gasteiger partial charge >= 0.3 is 0 Å². The van der Waals surface area contributed by atoms with Crippen molar-refractivity contribution in [2.75, 3.05) is 0 Å². The molecule has 0 aliphatic rings. The van der Waals surface area contributed by atoms with Gasteiger partial charge in [0.15, 0.2) is 0 Å². The van der Waals surface area contributed by atoms with E-state index in [1.807, 2.05) is 46.9 Å². The molecule has 0 saturated heterocycles. The van der Waals surface area contributed by atoms with Crippen molar-refractivity contribution in [3.63, 3.8) is 0 Å². The van der Waals surface area contributed by atoms with Crippen molar-refractivity contribution in [3.05, 3.63) is 58.9 Å². The van der Waals surface area contributed by atoms with E-state index in [-0.39, 0.29) is 5.56 Å². The van der Waals surface area contributed by atoms with Crippen LogP contribution in [-0.4, -0.2) is 14.4 Å². The Morgan fingerprint density at radius 3 is 2.56 bits per heavy atom. The minimum absolute atomic E-state index is 0.197. The summed E-state index contributed by atoms with van der Waals surface area (Å²) >= 11 is 0. The Morgan fingerprint density at radius 1 is 0.944 bits per heavy atom. The SMILES string of the molecule is O=c1nc2[nH]c3ccccc3n2c2ccccc12. The maximum absolute atomic E-state index is 11.9. The Kier molecular flexibility index (Phi) is 1.67. The lowest BCUT2D eigenvalue weighted by Gasteiger charge is -2.00. The van der Waals surface area contributed by atoms with Crippen LogP contribution in [0.4, 0.5) is 0 Å². The molecule has 0 bridgehead atoms. The molecule has 0 unspecified atom stereocenters. The molecule has 0 amide bonds. The fraction of sp³-hybridized carbons (Fsp3) is 0. The Bertz CT molecular complexity index is 949. The van der Waals surface area contributed by atoms with E-state index in [4.69, 9.17) is 0 Å². The van der Waals surface area contributed by atoms with Crippen molar-refractivity contribution in [1.29, 1.82) is 0 Å². The maximum Gasteiger partial charge on any atom is 0.282 e. The minimum Gasteiger partial charge on any atom is -0.323 e. The number of rotatable bonds is 0. The molecule has 0 fully saturated rings. The van der Waals surface area contributed by atoms with E-state index < -0.39 is 0 Å². The standard InChI is InChI=1S/C14H9N3O/c18-13-9-5-1-3-7-11(9)17-12-8-4-2-6-10(12)15-14(17)16-13/h1-8H,(H,15,16,18). The van der Waals surface area contributed by atoms with Crippen molar-refractivity contribution in [3.8, 4) is 0 Å². The summed E-state index contributed by atoms with van der Waals surface area (Å²) in [5.74, 6) is 0.583. The van der Waals surface area contributed by atoms with Crippen LogP contribution < -0.4 is 5.56 Å². The molecule has 0 aliphatic heterocycles. The fourth-order valence-corrected chi connectivity index (χ4v) is 2.39. The van der Waals surface area contributed by atoms with E-state index >= 15 is 0 Å². The molecule has 1 N–H and O–H groups in total. The molecule has 0 saturated carbocycles. The molecular formula is C14H9N3O. The van der Waals surface area contributed by atoms with Crippen LogP contribution in [0.5, 0.6) is 0 Å². The average molecular weight is 235 g/mol. The summed E-state index contributed by atoms with van der Waals surface area (Å²) in [7, 11) is 0. The molecule has 4 rings (SSSR count). The van der Waals surface area contributed by atoms with E-state index in [1.165, 1.54) is 0 Å². The van der Waals surface area contributed by atoms with Gasteiger partial charge in [0.25, 0.3) is 5.56 Å². The molecule has 0 spiro atoms. The molecule has 0 atom stereocenters. The minimum atomic E-state index is -0.197. The molecule has 4 nitrogen and oxygen atoms in total. The Balaban J connectivity index is 2.43. The molecule has 0 aliphatic carbocycles. The highest BCUT2D eigenvalue weighted by Gasteiger charge is 2.09. The van der Waals surface area contributed by atoms with Gasteiger partial charge in [-0.25, -0.2) is 0 Å². The van der Waals surface area contributed by atoms with Crippen LogP contribution in [0.25, 0.3) is 27.7 Å². The normalized spacial score (nSPS) is 11.6. The second-order valence-corrected chi connectivity index (χ2v) is 4.24. The van der Waals surface area contributed by atoms with Gasteiger partial charge in [-0.15, -0.1) is 0 Å². The first kappa shape index (κ1) is 9.41. The van der Waals surface area contributed by atoms with Gasteiger partial charge < -0.3 is 4.98 Å². The molecule has 86 valence electrons. The Hall–Kier alpha value is -2.62. The van der Waals surface area contributed by atoms with Crippen LogP contribution in [0.2, 0.25) is 0 Å².